The minimum Gasteiger partial charge on any atom is -0.489 e. The van der Waals surface area contributed by atoms with Gasteiger partial charge in [-0.1, -0.05) is 0 Å². The van der Waals surface area contributed by atoms with E-state index < -0.39 is 12.7 Å². The summed E-state index contributed by atoms with van der Waals surface area (Å²) in [6.07, 6.45) is 4.07. The van der Waals surface area contributed by atoms with E-state index in [1.54, 1.807) is 16.7 Å². The molecule has 39 heavy (non-hydrogen) atoms. The Kier molecular flexibility index (Phi) is 8.85. The van der Waals surface area contributed by atoms with E-state index in [4.69, 9.17) is 14.9 Å². The Balaban J connectivity index is 0.00000353. The highest BCUT2D eigenvalue weighted by Crippen LogP contribution is 2.37. The Morgan fingerprint density at radius 1 is 1.21 bits per heavy atom. The van der Waals surface area contributed by atoms with Gasteiger partial charge in [0.25, 0.3) is 5.91 Å². The maximum Gasteiger partial charge on any atom is 0.387 e. The van der Waals surface area contributed by atoms with Gasteiger partial charge in [0.2, 0.25) is 5.89 Å². The van der Waals surface area contributed by atoms with Crippen LogP contribution in [0.1, 0.15) is 61.8 Å². The molecule has 2 atom stereocenters. The molecular weight excluding hydrogens is 536 g/mol. The van der Waals surface area contributed by atoms with Gasteiger partial charge in [-0.2, -0.15) is 8.78 Å². The first-order valence-corrected chi connectivity index (χ1v) is 13.0. The second-order valence-electron chi connectivity index (χ2n) is 10.3. The molecule has 0 spiro atoms. The van der Waals surface area contributed by atoms with Crippen LogP contribution in [0.4, 0.5) is 13.6 Å². The molecule has 1 aromatic carbocycles. The summed E-state index contributed by atoms with van der Waals surface area (Å²) in [5, 5.41) is 2.99. The predicted octanol–water partition coefficient (Wildman–Crippen LogP) is 4.19. The minimum atomic E-state index is -3.00. The van der Waals surface area contributed by atoms with Gasteiger partial charge in [-0.05, 0) is 63.6 Å². The lowest BCUT2D eigenvalue weighted by Crippen LogP contribution is -2.58. The first-order valence-electron chi connectivity index (χ1n) is 13.0. The summed E-state index contributed by atoms with van der Waals surface area (Å²) in [6.45, 7) is 2.08. The monoisotopic (exact) mass is 569 g/mol. The zero-order chi connectivity index (χ0) is 27.0. The zero-order valence-electron chi connectivity index (χ0n) is 21.9. The lowest BCUT2D eigenvalue weighted by atomic mass is 10.1. The summed E-state index contributed by atoms with van der Waals surface area (Å²) in [6, 6.07) is 3.76. The van der Waals surface area contributed by atoms with Gasteiger partial charge < -0.3 is 34.7 Å². The normalized spacial score (nSPS) is 19.9. The third kappa shape index (κ3) is 6.91. The quantitative estimate of drug-likeness (QED) is 0.464. The number of benzene rings is 1. The van der Waals surface area contributed by atoms with Gasteiger partial charge in [-0.3, -0.25) is 4.79 Å². The highest BCUT2D eigenvalue weighted by atomic mass is 35.5. The molecule has 1 unspecified atom stereocenters. The molecule has 2 aliphatic carbocycles. The Labute approximate surface area is 231 Å². The van der Waals surface area contributed by atoms with Gasteiger partial charge in [0.1, 0.15) is 0 Å². The number of nitrogens with two attached hydrogens (primary N) is 1. The molecule has 3 aliphatic rings. The number of rotatable bonds is 9. The van der Waals surface area contributed by atoms with Crippen molar-refractivity contribution in [1.82, 2.24) is 20.1 Å². The molecule has 1 saturated heterocycles. The lowest BCUT2D eigenvalue weighted by Gasteiger charge is -2.39. The molecule has 5 rings (SSSR count). The van der Waals surface area contributed by atoms with Crippen LogP contribution >= 0.6 is 12.4 Å². The SMILES string of the molecule is CC(N)c1oc(-c2ccc(OC(F)F)c(OCC3CC3)c2)nc1C(=O)N1CCN(C(=O)NC2CC2)[C@H](C)C1.Cl. The maximum absolute atomic E-state index is 13.5. The maximum atomic E-state index is 13.5. The summed E-state index contributed by atoms with van der Waals surface area (Å²) in [5.74, 6) is 0.464. The number of alkyl halides is 2. The van der Waals surface area contributed by atoms with Gasteiger partial charge in [0.15, 0.2) is 23.0 Å². The number of halogens is 3. The molecule has 2 saturated carbocycles. The Hall–Kier alpha value is -3.12. The summed E-state index contributed by atoms with van der Waals surface area (Å²) >= 11 is 0. The van der Waals surface area contributed by atoms with Crippen LogP contribution in [-0.2, 0) is 0 Å². The second kappa shape index (κ2) is 12.0. The number of hydrogen-bond acceptors (Lipinski definition) is 7. The summed E-state index contributed by atoms with van der Waals surface area (Å²) in [4.78, 5) is 33.9. The highest BCUT2D eigenvalue weighted by molar-refractivity contribution is 5.94. The molecule has 1 aliphatic heterocycles. The lowest BCUT2D eigenvalue weighted by molar-refractivity contribution is -0.0515. The first kappa shape index (κ1) is 28.9. The number of aromatic nitrogens is 1. The summed E-state index contributed by atoms with van der Waals surface area (Å²) in [7, 11) is 0. The molecule has 1 aromatic heterocycles. The minimum absolute atomic E-state index is 0. The zero-order valence-corrected chi connectivity index (χ0v) is 22.7. The standard InChI is InChI=1S/C26H33F2N5O5.ClH/c1-14-12-32(9-10-33(14)26(35)30-18-6-7-18)24(34)21-22(15(2)29)38-23(31-21)17-5-8-19(37-25(27)28)20(11-17)36-13-16-3-4-16;/h5,8,11,14-16,18,25H,3-4,6-7,9-10,12-13,29H2,1-2H3,(H,30,35);1H/t14-,15?;/m1./s1. The summed E-state index contributed by atoms with van der Waals surface area (Å²) in [5.41, 5.74) is 6.65. The van der Waals surface area contributed by atoms with Crippen molar-refractivity contribution in [3.05, 3.63) is 29.7 Å². The molecule has 2 aromatic rings. The molecule has 2 heterocycles. The van der Waals surface area contributed by atoms with Crippen LogP contribution in [-0.4, -0.2) is 71.7 Å². The van der Waals surface area contributed by atoms with Crippen molar-refractivity contribution in [2.75, 3.05) is 26.2 Å². The molecular formula is C26H34ClF2N5O5. The molecule has 3 amide bonds. The number of piperazine rings is 1. The average molecular weight is 570 g/mol. The summed E-state index contributed by atoms with van der Waals surface area (Å²) < 4.78 is 42.1. The van der Waals surface area contributed by atoms with Crippen LogP contribution in [0, 0.1) is 5.92 Å². The van der Waals surface area contributed by atoms with Gasteiger partial charge in [0, 0.05) is 37.3 Å². The van der Waals surface area contributed by atoms with Crippen LogP contribution in [0.25, 0.3) is 11.5 Å². The molecule has 0 radical (unpaired) electrons. The van der Waals surface area contributed by atoms with Crippen LogP contribution in [0.3, 0.4) is 0 Å². The van der Waals surface area contributed by atoms with E-state index in [2.05, 4.69) is 15.0 Å². The number of nitrogens with one attached hydrogen (secondary N) is 1. The van der Waals surface area contributed by atoms with Crippen molar-refractivity contribution in [2.45, 2.75) is 64.3 Å². The number of oxazole rings is 1. The largest absolute Gasteiger partial charge is 0.489 e. The first-order chi connectivity index (χ1) is 18.2. The number of hydrogen-bond donors (Lipinski definition) is 2. The van der Waals surface area contributed by atoms with E-state index in [1.165, 1.54) is 18.2 Å². The smallest absolute Gasteiger partial charge is 0.387 e. The molecule has 214 valence electrons. The Morgan fingerprint density at radius 2 is 1.95 bits per heavy atom. The van der Waals surface area contributed by atoms with Gasteiger partial charge >= 0.3 is 12.6 Å². The number of ether oxygens (including phenoxy) is 2. The van der Waals surface area contributed by atoms with E-state index in [1.807, 2.05) is 6.92 Å². The van der Waals surface area contributed by atoms with Crippen molar-refractivity contribution >= 4 is 24.3 Å². The predicted molar refractivity (Wildman–Crippen MR) is 140 cm³/mol. The highest BCUT2D eigenvalue weighted by Gasteiger charge is 2.35. The van der Waals surface area contributed by atoms with E-state index in [9.17, 15) is 18.4 Å². The fourth-order valence-corrected chi connectivity index (χ4v) is 4.44. The van der Waals surface area contributed by atoms with Crippen LogP contribution < -0.4 is 20.5 Å². The fraction of sp³-hybridized carbons (Fsp3) is 0.577. The fourth-order valence-electron chi connectivity index (χ4n) is 4.44. The number of urea groups is 1. The third-order valence-electron chi connectivity index (χ3n) is 6.93. The molecule has 3 N–H and O–H groups in total. The second-order valence-corrected chi connectivity index (χ2v) is 10.3. The van der Waals surface area contributed by atoms with Gasteiger partial charge in [0.05, 0.1) is 12.6 Å². The van der Waals surface area contributed by atoms with E-state index >= 15 is 0 Å². The number of carbonyl (C=O) groups is 2. The van der Waals surface area contributed by atoms with Crippen molar-refractivity contribution in [2.24, 2.45) is 11.7 Å². The Morgan fingerprint density at radius 3 is 2.56 bits per heavy atom. The third-order valence-corrected chi connectivity index (χ3v) is 6.93. The van der Waals surface area contributed by atoms with Crippen molar-refractivity contribution in [3.8, 4) is 23.0 Å². The topological polar surface area (TPSA) is 123 Å². The van der Waals surface area contributed by atoms with Gasteiger partial charge in [-0.15, -0.1) is 12.4 Å². The van der Waals surface area contributed by atoms with Crippen molar-refractivity contribution < 1.29 is 32.3 Å². The average Bonchev–Trinajstić information content (AvgIpc) is 3.81. The van der Waals surface area contributed by atoms with E-state index in [0.717, 1.165) is 25.7 Å². The van der Waals surface area contributed by atoms with Crippen LogP contribution in [0.15, 0.2) is 22.6 Å². The van der Waals surface area contributed by atoms with E-state index in [0.29, 0.717) is 37.7 Å². The molecule has 10 nitrogen and oxygen atoms in total. The Bertz CT molecular complexity index is 1190. The number of carbonyl (C=O) groups excluding carboxylic acids is 2. The van der Waals surface area contributed by atoms with Crippen molar-refractivity contribution in [3.63, 3.8) is 0 Å². The molecule has 0 bridgehead atoms. The van der Waals surface area contributed by atoms with E-state index in [-0.39, 0.29) is 65.3 Å². The van der Waals surface area contributed by atoms with Crippen LogP contribution in [0.5, 0.6) is 11.5 Å². The number of nitrogens with zero attached hydrogens (tertiary/aromatic N) is 3. The molecule has 3 fully saturated rings. The molecule has 13 heteroatoms. The van der Waals surface area contributed by atoms with Crippen molar-refractivity contribution in [1.29, 1.82) is 0 Å². The van der Waals surface area contributed by atoms with Gasteiger partial charge in [-0.25, -0.2) is 9.78 Å². The van der Waals surface area contributed by atoms with Crippen LogP contribution in [0.2, 0.25) is 0 Å². The number of amides is 3.